The van der Waals surface area contributed by atoms with Crippen LogP contribution in [0.4, 0.5) is 5.69 Å². The first-order valence-electron chi connectivity index (χ1n) is 6.80. The number of anilines is 1. The van der Waals surface area contributed by atoms with Crippen molar-refractivity contribution in [3.8, 4) is 0 Å². The molecule has 3 N–H and O–H groups in total. The maximum absolute atomic E-state index is 12.0. The van der Waals surface area contributed by atoms with Crippen LogP contribution in [0.2, 0.25) is 5.02 Å². The number of carbonyl (C=O) groups is 1. The number of nitrogens with two attached hydrogens (primary N) is 1. The minimum absolute atomic E-state index is 0.131. The van der Waals surface area contributed by atoms with E-state index < -0.39 is 0 Å². The van der Waals surface area contributed by atoms with Gasteiger partial charge in [-0.1, -0.05) is 11.6 Å². The highest BCUT2D eigenvalue weighted by molar-refractivity contribution is 6.31. The summed E-state index contributed by atoms with van der Waals surface area (Å²) in [5.74, 6) is -0.131. The Morgan fingerprint density at radius 1 is 1.30 bits per heavy atom. The Balaban J connectivity index is 1.77. The Morgan fingerprint density at radius 3 is 2.65 bits per heavy atom. The van der Waals surface area contributed by atoms with Crippen LogP contribution < -0.4 is 11.1 Å². The molecular formula is C14H21ClN4O. The molecule has 0 spiro atoms. The average molecular weight is 297 g/mol. The topological polar surface area (TPSA) is 61.6 Å². The maximum Gasteiger partial charge on any atom is 0.251 e. The second-order valence-electron chi connectivity index (χ2n) is 5.17. The van der Waals surface area contributed by atoms with Gasteiger partial charge >= 0.3 is 0 Å². The van der Waals surface area contributed by atoms with Gasteiger partial charge in [0.15, 0.2) is 0 Å². The highest BCUT2D eigenvalue weighted by atomic mass is 35.5. The first-order valence-corrected chi connectivity index (χ1v) is 7.17. The van der Waals surface area contributed by atoms with Crippen LogP contribution in [0.3, 0.4) is 0 Å². The van der Waals surface area contributed by atoms with E-state index in [-0.39, 0.29) is 5.91 Å². The molecule has 0 aliphatic carbocycles. The van der Waals surface area contributed by atoms with E-state index in [1.165, 1.54) is 0 Å². The molecule has 1 aliphatic heterocycles. The van der Waals surface area contributed by atoms with Crippen molar-refractivity contribution in [1.29, 1.82) is 0 Å². The first-order chi connectivity index (χ1) is 9.54. The highest BCUT2D eigenvalue weighted by Gasteiger charge is 2.13. The SMILES string of the molecule is CN1CCN(CCNC(=O)c2cc(N)cc(Cl)c2)CC1. The number of piperazine rings is 1. The minimum atomic E-state index is -0.131. The van der Waals surface area contributed by atoms with Gasteiger partial charge in [0, 0.05) is 55.5 Å². The predicted molar refractivity (Wildman–Crippen MR) is 82.1 cm³/mol. The summed E-state index contributed by atoms with van der Waals surface area (Å²) < 4.78 is 0. The summed E-state index contributed by atoms with van der Waals surface area (Å²) in [5.41, 5.74) is 6.69. The van der Waals surface area contributed by atoms with E-state index in [4.69, 9.17) is 17.3 Å². The molecule has 0 radical (unpaired) electrons. The van der Waals surface area contributed by atoms with E-state index in [1.54, 1.807) is 18.2 Å². The molecule has 0 saturated carbocycles. The highest BCUT2D eigenvalue weighted by Crippen LogP contribution is 2.16. The van der Waals surface area contributed by atoms with Crippen molar-refractivity contribution in [3.63, 3.8) is 0 Å². The van der Waals surface area contributed by atoms with E-state index in [1.807, 2.05) is 0 Å². The van der Waals surface area contributed by atoms with Gasteiger partial charge in [0.05, 0.1) is 0 Å². The summed E-state index contributed by atoms with van der Waals surface area (Å²) in [4.78, 5) is 16.7. The fourth-order valence-electron chi connectivity index (χ4n) is 2.24. The molecular weight excluding hydrogens is 276 g/mol. The van der Waals surface area contributed by atoms with Crippen LogP contribution in [0, 0.1) is 0 Å². The first kappa shape index (κ1) is 15.1. The number of likely N-dealkylation sites (N-methyl/N-ethyl adjacent to an activating group) is 1. The third-order valence-electron chi connectivity index (χ3n) is 3.49. The zero-order chi connectivity index (χ0) is 14.5. The van der Waals surface area contributed by atoms with E-state index in [0.29, 0.717) is 22.8 Å². The van der Waals surface area contributed by atoms with Crippen molar-refractivity contribution >= 4 is 23.2 Å². The predicted octanol–water partition coefficient (Wildman–Crippen LogP) is 0.899. The van der Waals surface area contributed by atoms with Crippen LogP contribution in [0.5, 0.6) is 0 Å². The van der Waals surface area contributed by atoms with Crippen molar-refractivity contribution in [1.82, 2.24) is 15.1 Å². The molecule has 0 aromatic heterocycles. The van der Waals surface area contributed by atoms with Crippen molar-refractivity contribution in [3.05, 3.63) is 28.8 Å². The van der Waals surface area contributed by atoms with Gasteiger partial charge in [-0.2, -0.15) is 0 Å². The minimum Gasteiger partial charge on any atom is -0.399 e. The molecule has 6 heteroatoms. The summed E-state index contributed by atoms with van der Waals surface area (Å²) in [7, 11) is 2.13. The maximum atomic E-state index is 12.0. The van der Waals surface area contributed by atoms with Crippen molar-refractivity contribution < 1.29 is 4.79 Å². The average Bonchev–Trinajstić information content (AvgIpc) is 2.40. The third-order valence-corrected chi connectivity index (χ3v) is 3.71. The zero-order valence-electron chi connectivity index (χ0n) is 11.7. The number of hydrogen-bond acceptors (Lipinski definition) is 4. The summed E-state index contributed by atoms with van der Waals surface area (Å²) in [6.45, 7) is 5.77. The van der Waals surface area contributed by atoms with Crippen LogP contribution >= 0.6 is 11.6 Å². The number of carbonyl (C=O) groups excluding carboxylic acids is 1. The molecule has 2 rings (SSSR count). The molecule has 1 amide bonds. The smallest absolute Gasteiger partial charge is 0.251 e. The van der Waals surface area contributed by atoms with E-state index in [9.17, 15) is 4.79 Å². The van der Waals surface area contributed by atoms with Gasteiger partial charge in [-0.15, -0.1) is 0 Å². The Labute approximate surface area is 124 Å². The molecule has 1 heterocycles. The van der Waals surface area contributed by atoms with Crippen molar-refractivity contribution in [2.75, 3.05) is 52.0 Å². The standard InChI is InChI=1S/C14H21ClN4O/c1-18-4-6-19(7-5-18)3-2-17-14(20)11-8-12(15)10-13(16)9-11/h8-10H,2-7,16H2,1H3,(H,17,20). The molecule has 20 heavy (non-hydrogen) atoms. The molecule has 1 fully saturated rings. The van der Waals surface area contributed by atoms with Crippen molar-refractivity contribution in [2.24, 2.45) is 0 Å². The van der Waals surface area contributed by atoms with Crippen LogP contribution in [-0.4, -0.2) is 62.0 Å². The summed E-state index contributed by atoms with van der Waals surface area (Å²) in [6.07, 6.45) is 0. The molecule has 110 valence electrons. The summed E-state index contributed by atoms with van der Waals surface area (Å²) in [5, 5.41) is 3.38. The van der Waals surface area contributed by atoms with Gasteiger partial charge in [-0.3, -0.25) is 9.69 Å². The lowest BCUT2D eigenvalue weighted by atomic mass is 10.2. The van der Waals surface area contributed by atoms with Gasteiger partial charge in [0.2, 0.25) is 0 Å². The number of hydrogen-bond donors (Lipinski definition) is 2. The molecule has 1 aliphatic rings. The zero-order valence-corrected chi connectivity index (χ0v) is 12.5. The lowest BCUT2D eigenvalue weighted by molar-refractivity contribution is 0.0941. The number of nitrogens with one attached hydrogen (secondary N) is 1. The number of halogens is 1. The number of rotatable bonds is 4. The van der Waals surface area contributed by atoms with Gasteiger partial charge in [0.25, 0.3) is 5.91 Å². The molecule has 1 saturated heterocycles. The van der Waals surface area contributed by atoms with Crippen LogP contribution in [-0.2, 0) is 0 Å². The number of amides is 1. The molecule has 0 unspecified atom stereocenters. The van der Waals surface area contributed by atoms with E-state index in [2.05, 4.69) is 22.2 Å². The summed E-state index contributed by atoms with van der Waals surface area (Å²) in [6, 6.07) is 4.89. The normalized spacial score (nSPS) is 17.1. The lowest BCUT2D eigenvalue weighted by Crippen LogP contribution is -2.46. The Bertz CT molecular complexity index is 452. The molecule has 5 nitrogen and oxygen atoms in total. The van der Waals surface area contributed by atoms with Crippen LogP contribution in [0.25, 0.3) is 0 Å². The summed E-state index contributed by atoms with van der Waals surface area (Å²) >= 11 is 5.89. The Kier molecular flexibility index (Phi) is 5.23. The van der Waals surface area contributed by atoms with E-state index in [0.717, 1.165) is 32.7 Å². The fraction of sp³-hybridized carbons (Fsp3) is 0.500. The molecule has 0 bridgehead atoms. The van der Waals surface area contributed by atoms with Crippen molar-refractivity contribution in [2.45, 2.75) is 0 Å². The van der Waals surface area contributed by atoms with Crippen LogP contribution in [0.1, 0.15) is 10.4 Å². The Hall–Kier alpha value is -1.30. The molecule has 1 aromatic carbocycles. The monoisotopic (exact) mass is 296 g/mol. The second-order valence-corrected chi connectivity index (χ2v) is 5.61. The third kappa shape index (κ3) is 4.37. The number of nitrogens with zero attached hydrogens (tertiary/aromatic N) is 2. The Morgan fingerprint density at radius 2 is 2.00 bits per heavy atom. The quantitative estimate of drug-likeness (QED) is 0.811. The largest absolute Gasteiger partial charge is 0.399 e. The fourth-order valence-corrected chi connectivity index (χ4v) is 2.49. The molecule has 0 atom stereocenters. The van der Waals surface area contributed by atoms with E-state index >= 15 is 0 Å². The van der Waals surface area contributed by atoms with Crippen LogP contribution in [0.15, 0.2) is 18.2 Å². The number of nitrogen functional groups attached to an aromatic ring is 1. The molecule has 1 aromatic rings. The van der Waals surface area contributed by atoms with Gasteiger partial charge in [-0.25, -0.2) is 0 Å². The van der Waals surface area contributed by atoms with Gasteiger partial charge in [-0.05, 0) is 25.2 Å². The van der Waals surface area contributed by atoms with Gasteiger partial charge < -0.3 is 16.0 Å². The second kappa shape index (κ2) is 6.92. The van der Waals surface area contributed by atoms with Gasteiger partial charge in [0.1, 0.15) is 0 Å². The lowest BCUT2D eigenvalue weighted by Gasteiger charge is -2.32. The number of benzene rings is 1.